The van der Waals surface area contributed by atoms with Gasteiger partial charge in [0.25, 0.3) is 0 Å². The Labute approximate surface area is 154 Å². The fourth-order valence-electron chi connectivity index (χ4n) is 2.74. The topological polar surface area (TPSA) is 58.6 Å². The van der Waals surface area contributed by atoms with Crippen LogP contribution in [0.4, 0.5) is 18.9 Å². The number of anilines is 1. The highest BCUT2D eigenvalue weighted by Gasteiger charge is 2.31. The molecular weight excluding hydrogens is 373 g/mol. The van der Waals surface area contributed by atoms with Gasteiger partial charge in [0.2, 0.25) is 5.91 Å². The molecule has 26 heavy (non-hydrogen) atoms. The van der Waals surface area contributed by atoms with E-state index in [1.165, 1.54) is 6.07 Å². The molecule has 1 saturated heterocycles. The highest BCUT2D eigenvalue weighted by molar-refractivity contribution is 6.33. The molecule has 1 aliphatic rings. The van der Waals surface area contributed by atoms with Crippen molar-refractivity contribution in [1.82, 2.24) is 4.90 Å². The molecule has 0 radical (unpaired) electrons. The zero-order valence-corrected chi connectivity index (χ0v) is 15.0. The maximum Gasteiger partial charge on any atom is 0.416 e. The van der Waals surface area contributed by atoms with E-state index in [2.05, 4.69) is 5.32 Å². The number of amides is 1. The number of ether oxygens (including phenoxy) is 1. The average molecular weight is 393 g/mol. The summed E-state index contributed by atoms with van der Waals surface area (Å²) in [7, 11) is 0. The van der Waals surface area contributed by atoms with E-state index in [1.54, 1.807) is 11.8 Å². The second-order valence-electron chi connectivity index (χ2n) is 5.95. The molecule has 9 heteroatoms. The smallest absolute Gasteiger partial charge is 0.416 e. The molecule has 144 valence electrons. The number of carbonyl (C=O) groups is 2. The Morgan fingerprint density at radius 3 is 2.50 bits per heavy atom. The molecule has 1 fully saturated rings. The normalized spacial score (nSPS) is 15.7. The molecule has 1 aromatic carbocycles. The van der Waals surface area contributed by atoms with Crippen LogP contribution in [-0.4, -0.2) is 43.0 Å². The average Bonchev–Trinajstić information content (AvgIpc) is 2.60. The third-order valence-corrected chi connectivity index (χ3v) is 4.51. The van der Waals surface area contributed by atoms with Crippen molar-refractivity contribution in [2.45, 2.75) is 25.9 Å². The molecule has 0 unspecified atom stereocenters. The Morgan fingerprint density at radius 1 is 1.31 bits per heavy atom. The molecule has 0 spiro atoms. The minimum Gasteiger partial charge on any atom is -0.466 e. The van der Waals surface area contributed by atoms with Gasteiger partial charge in [-0.2, -0.15) is 13.2 Å². The lowest BCUT2D eigenvalue weighted by Gasteiger charge is -2.31. The molecule has 1 aromatic rings. The molecule has 0 saturated carbocycles. The first kappa shape index (κ1) is 20.4. The van der Waals surface area contributed by atoms with Gasteiger partial charge in [0.15, 0.2) is 0 Å². The van der Waals surface area contributed by atoms with Crippen molar-refractivity contribution < 1.29 is 27.5 Å². The van der Waals surface area contributed by atoms with Crippen LogP contribution in [0.1, 0.15) is 25.3 Å². The maximum atomic E-state index is 12.6. The first-order valence-electron chi connectivity index (χ1n) is 8.27. The lowest BCUT2D eigenvalue weighted by atomic mass is 9.97. The van der Waals surface area contributed by atoms with Crippen molar-refractivity contribution in [2.24, 2.45) is 5.92 Å². The fourth-order valence-corrected chi connectivity index (χ4v) is 2.99. The number of alkyl halides is 3. The Morgan fingerprint density at radius 2 is 1.96 bits per heavy atom. The lowest BCUT2D eigenvalue weighted by Crippen LogP contribution is -2.43. The number of nitrogens with zero attached hydrogens (tertiary/aromatic N) is 1. The quantitative estimate of drug-likeness (QED) is 0.778. The van der Waals surface area contributed by atoms with E-state index in [-0.39, 0.29) is 35.0 Å². The highest BCUT2D eigenvalue weighted by atomic mass is 35.5. The van der Waals surface area contributed by atoms with E-state index in [4.69, 9.17) is 16.3 Å². The van der Waals surface area contributed by atoms with Gasteiger partial charge < -0.3 is 15.0 Å². The Kier molecular flexibility index (Phi) is 6.75. The molecule has 0 aromatic heterocycles. The monoisotopic (exact) mass is 392 g/mol. The van der Waals surface area contributed by atoms with Crippen molar-refractivity contribution in [3.8, 4) is 0 Å². The highest BCUT2D eigenvalue weighted by Crippen LogP contribution is 2.33. The first-order valence-corrected chi connectivity index (χ1v) is 8.65. The predicted octanol–water partition coefficient (Wildman–Crippen LogP) is 3.57. The molecule has 1 amide bonds. The number of halogens is 4. The molecule has 1 heterocycles. The molecule has 1 N–H and O–H groups in total. The maximum absolute atomic E-state index is 12.6. The van der Waals surface area contributed by atoms with E-state index in [9.17, 15) is 22.8 Å². The number of hydrogen-bond donors (Lipinski definition) is 1. The SMILES string of the molecule is CCOC(=O)C1CCN(C(=O)CNc2ccc(C(F)(F)F)cc2Cl)CC1. The van der Waals surface area contributed by atoms with E-state index >= 15 is 0 Å². The molecule has 0 atom stereocenters. The number of esters is 1. The van der Waals surface area contributed by atoms with Crippen LogP contribution in [0, 0.1) is 5.92 Å². The largest absolute Gasteiger partial charge is 0.466 e. The summed E-state index contributed by atoms with van der Waals surface area (Å²) < 4.78 is 42.8. The Hall–Kier alpha value is -1.96. The van der Waals surface area contributed by atoms with Gasteiger partial charge in [0.05, 0.1) is 35.3 Å². The number of likely N-dealkylation sites (tertiary alicyclic amines) is 1. The number of nitrogens with one attached hydrogen (secondary N) is 1. The standard InChI is InChI=1S/C17H20ClF3N2O3/c1-2-26-16(25)11-5-7-23(8-6-11)15(24)10-22-14-4-3-12(9-13(14)18)17(19,20)21/h3-4,9,11,22H,2,5-8,10H2,1H3. The lowest BCUT2D eigenvalue weighted by molar-refractivity contribution is -0.151. The van der Waals surface area contributed by atoms with Crippen LogP contribution in [0.3, 0.4) is 0 Å². The second kappa shape index (κ2) is 8.62. The number of benzene rings is 1. The van der Waals surface area contributed by atoms with Gasteiger partial charge in [-0.1, -0.05) is 11.6 Å². The molecular formula is C17H20ClF3N2O3. The first-order chi connectivity index (χ1) is 12.2. The van der Waals surface area contributed by atoms with Crippen molar-refractivity contribution in [2.75, 3.05) is 31.6 Å². The van der Waals surface area contributed by atoms with Crippen LogP contribution >= 0.6 is 11.6 Å². The zero-order chi connectivity index (χ0) is 19.3. The summed E-state index contributed by atoms with van der Waals surface area (Å²) in [5.41, 5.74) is -0.588. The van der Waals surface area contributed by atoms with E-state index in [1.807, 2.05) is 0 Å². The van der Waals surface area contributed by atoms with Crippen molar-refractivity contribution >= 4 is 29.2 Å². The van der Waals surface area contributed by atoms with Crippen LogP contribution in [0.5, 0.6) is 0 Å². The van der Waals surface area contributed by atoms with Gasteiger partial charge in [0.1, 0.15) is 0 Å². The Bertz CT molecular complexity index is 659. The van der Waals surface area contributed by atoms with Crippen molar-refractivity contribution in [3.05, 3.63) is 28.8 Å². The summed E-state index contributed by atoms with van der Waals surface area (Å²) in [6.07, 6.45) is -3.40. The zero-order valence-electron chi connectivity index (χ0n) is 14.2. The summed E-state index contributed by atoms with van der Waals surface area (Å²) in [6, 6.07) is 2.92. The third-order valence-electron chi connectivity index (χ3n) is 4.19. The Balaban J connectivity index is 1.85. The summed E-state index contributed by atoms with van der Waals surface area (Å²) in [5, 5.41) is 2.66. The molecule has 5 nitrogen and oxygen atoms in total. The van der Waals surface area contributed by atoms with E-state index in [0.717, 1.165) is 12.1 Å². The van der Waals surface area contributed by atoms with Crippen molar-refractivity contribution in [3.63, 3.8) is 0 Å². The van der Waals surface area contributed by atoms with Gasteiger partial charge >= 0.3 is 12.1 Å². The van der Waals surface area contributed by atoms with Crippen LogP contribution in [-0.2, 0) is 20.5 Å². The van der Waals surface area contributed by atoms with Crippen LogP contribution in [0.25, 0.3) is 0 Å². The number of rotatable bonds is 5. The van der Waals surface area contributed by atoms with Crippen LogP contribution in [0.2, 0.25) is 5.02 Å². The van der Waals surface area contributed by atoms with E-state index in [0.29, 0.717) is 32.5 Å². The number of piperidine rings is 1. The predicted molar refractivity (Wildman–Crippen MR) is 90.9 cm³/mol. The molecule has 0 bridgehead atoms. The minimum atomic E-state index is -4.47. The second-order valence-corrected chi connectivity index (χ2v) is 6.36. The van der Waals surface area contributed by atoms with Gasteiger partial charge in [0, 0.05) is 13.1 Å². The molecule has 0 aliphatic carbocycles. The van der Waals surface area contributed by atoms with Crippen LogP contribution < -0.4 is 5.32 Å². The number of carbonyl (C=O) groups excluding carboxylic acids is 2. The van der Waals surface area contributed by atoms with Gasteiger partial charge in [-0.25, -0.2) is 0 Å². The minimum absolute atomic E-state index is 0.0881. The van der Waals surface area contributed by atoms with Gasteiger partial charge in [-0.15, -0.1) is 0 Å². The molecule has 2 rings (SSSR count). The fraction of sp³-hybridized carbons (Fsp3) is 0.529. The van der Waals surface area contributed by atoms with Gasteiger partial charge in [-0.05, 0) is 38.0 Å². The third kappa shape index (κ3) is 5.27. The summed E-state index contributed by atoms with van der Waals surface area (Å²) in [6.45, 7) is 2.86. The molecule has 1 aliphatic heterocycles. The van der Waals surface area contributed by atoms with E-state index < -0.39 is 11.7 Å². The summed E-state index contributed by atoms with van der Waals surface area (Å²) >= 11 is 5.85. The van der Waals surface area contributed by atoms with Gasteiger partial charge in [-0.3, -0.25) is 9.59 Å². The number of hydrogen-bond acceptors (Lipinski definition) is 4. The summed E-state index contributed by atoms with van der Waals surface area (Å²) in [5.74, 6) is -0.645. The summed E-state index contributed by atoms with van der Waals surface area (Å²) in [4.78, 5) is 25.5. The van der Waals surface area contributed by atoms with Crippen molar-refractivity contribution in [1.29, 1.82) is 0 Å². The van der Waals surface area contributed by atoms with Crippen LogP contribution in [0.15, 0.2) is 18.2 Å².